The van der Waals surface area contributed by atoms with E-state index in [0.717, 1.165) is 20.6 Å². The Morgan fingerprint density at radius 2 is 1.44 bits per heavy atom. The minimum Gasteiger partial charge on any atom is -0.207 e. The maximum Gasteiger partial charge on any atom is 0.133 e. The maximum absolute atomic E-state index is 4.27. The Balaban J connectivity index is 2.09. The van der Waals surface area contributed by atoms with Crippen LogP contribution in [0, 0.1) is 3.70 Å². The van der Waals surface area contributed by atoms with Crippen molar-refractivity contribution in [2.75, 3.05) is 0 Å². The van der Waals surface area contributed by atoms with Gasteiger partial charge in [0.25, 0.3) is 0 Å². The fourth-order valence-corrected chi connectivity index (χ4v) is 2.57. The number of benzene rings is 2. The monoisotopic (exact) mass is 347 g/mol. The Morgan fingerprint density at radius 1 is 0.833 bits per heavy atom. The normalized spacial score (nSPS) is 10.5. The minimum absolute atomic E-state index is 0.917. The van der Waals surface area contributed by atoms with E-state index < -0.39 is 0 Å². The molecule has 0 saturated heterocycles. The highest BCUT2D eigenvalue weighted by Crippen LogP contribution is 2.24. The predicted molar refractivity (Wildman–Crippen MR) is 79.5 cm³/mol. The van der Waals surface area contributed by atoms with Gasteiger partial charge in [0.15, 0.2) is 0 Å². The Kier molecular flexibility index (Phi) is 3.10. The molecule has 0 radical (unpaired) electrons. The molecule has 0 spiro atoms. The summed E-state index contributed by atoms with van der Waals surface area (Å²) in [5.41, 5.74) is 3.03. The van der Waals surface area contributed by atoms with E-state index in [1.54, 1.807) is 0 Å². The number of para-hydroxylation sites is 1. The lowest BCUT2D eigenvalue weighted by Crippen LogP contribution is -1.98. The van der Waals surface area contributed by atoms with Gasteiger partial charge in [0.2, 0.25) is 0 Å². The molecule has 0 atom stereocenters. The third-order valence-corrected chi connectivity index (χ3v) is 3.63. The van der Waals surface area contributed by atoms with Crippen molar-refractivity contribution in [2.45, 2.75) is 0 Å². The molecule has 4 heteroatoms. The van der Waals surface area contributed by atoms with Crippen LogP contribution in [0.15, 0.2) is 60.7 Å². The van der Waals surface area contributed by atoms with Gasteiger partial charge in [-0.1, -0.05) is 53.7 Å². The molecular formula is C14H10IN3. The minimum atomic E-state index is 0.917. The van der Waals surface area contributed by atoms with Crippen LogP contribution < -0.4 is 0 Å². The highest BCUT2D eigenvalue weighted by Gasteiger charge is 2.12. The zero-order chi connectivity index (χ0) is 12.4. The second-order valence-corrected chi connectivity index (χ2v) is 4.86. The summed E-state index contributed by atoms with van der Waals surface area (Å²) >= 11 is 2.28. The van der Waals surface area contributed by atoms with E-state index in [9.17, 15) is 0 Å². The third-order valence-electron chi connectivity index (χ3n) is 2.66. The summed E-state index contributed by atoms with van der Waals surface area (Å²) in [5, 5.41) is 8.49. The van der Waals surface area contributed by atoms with Gasteiger partial charge in [-0.25, -0.2) is 4.68 Å². The van der Waals surface area contributed by atoms with Crippen molar-refractivity contribution in [3.05, 3.63) is 64.4 Å². The SMILES string of the molecule is Ic1c(-c2ccccc2)nnn1-c1ccccc1. The van der Waals surface area contributed by atoms with E-state index in [4.69, 9.17) is 0 Å². The summed E-state index contributed by atoms with van der Waals surface area (Å²) in [6.07, 6.45) is 0. The second kappa shape index (κ2) is 4.89. The van der Waals surface area contributed by atoms with Crippen molar-refractivity contribution in [1.82, 2.24) is 15.0 Å². The number of rotatable bonds is 2. The van der Waals surface area contributed by atoms with Crippen LogP contribution in [-0.4, -0.2) is 15.0 Å². The molecule has 0 aliphatic rings. The molecule has 0 amide bonds. The molecule has 0 saturated carbocycles. The molecule has 0 aliphatic heterocycles. The number of aromatic nitrogens is 3. The van der Waals surface area contributed by atoms with Crippen LogP contribution in [-0.2, 0) is 0 Å². The van der Waals surface area contributed by atoms with Gasteiger partial charge in [-0.05, 0) is 34.7 Å². The molecular weight excluding hydrogens is 337 g/mol. The van der Waals surface area contributed by atoms with E-state index in [1.165, 1.54) is 0 Å². The van der Waals surface area contributed by atoms with Crippen molar-refractivity contribution in [3.63, 3.8) is 0 Å². The molecule has 18 heavy (non-hydrogen) atoms. The molecule has 88 valence electrons. The van der Waals surface area contributed by atoms with E-state index in [0.29, 0.717) is 0 Å². The third kappa shape index (κ3) is 2.03. The van der Waals surface area contributed by atoms with E-state index >= 15 is 0 Å². The lowest BCUT2D eigenvalue weighted by atomic mass is 10.2. The molecule has 0 unspecified atom stereocenters. The Labute approximate surface area is 119 Å². The number of hydrogen-bond acceptors (Lipinski definition) is 2. The molecule has 3 nitrogen and oxygen atoms in total. The fraction of sp³-hybridized carbons (Fsp3) is 0. The molecule has 1 heterocycles. The number of hydrogen-bond donors (Lipinski definition) is 0. The lowest BCUT2D eigenvalue weighted by Gasteiger charge is -2.01. The first-order valence-electron chi connectivity index (χ1n) is 5.58. The van der Waals surface area contributed by atoms with Crippen molar-refractivity contribution in [3.8, 4) is 16.9 Å². The Hall–Kier alpha value is -1.69. The summed E-state index contributed by atoms with van der Waals surface area (Å²) in [6.45, 7) is 0. The molecule has 0 aliphatic carbocycles. The van der Waals surface area contributed by atoms with Crippen LogP contribution >= 0.6 is 22.6 Å². The zero-order valence-corrected chi connectivity index (χ0v) is 11.7. The highest BCUT2D eigenvalue weighted by molar-refractivity contribution is 14.1. The second-order valence-electron chi connectivity index (χ2n) is 3.84. The topological polar surface area (TPSA) is 30.7 Å². The van der Waals surface area contributed by atoms with Crippen molar-refractivity contribution in [1.29, 1.82) is 0 Å². The first-order valence-corrected chi connectivity index (χ1v) is 6.66. The van der Waals surface area contributed by atoms with Gasteiger partial charge in [0, 0.05) is 5.56 Å². The fourth-order valence-electron chi connectivity index (χ4n) is 1.78. The standard InChI is InChI=1S/C14H10IN3/c15-14-13(11-7-3-1-4-8-11)16-17-18(14)12-9-5-2-6-10-12/h1-10H. The molecule has 1 aromatic heterocycles. The summed E-state index contributed by atoms with van der Waals surface area (Å²) in [5.74, 6) is 0. The first-order chi connectivity index (χ1) is 8.86. The van der Waals surface area contributed by atoms with Gasteiger partial charge in [-0.2, -0.15) is 0 Å². The van der Waals surface area contributed by atoms with Crippen LogP contribution in [0.4, 0.5) is 0 Å². The molecule has 3 rings (SSSR count). The van der Waals surface area contributed by atoms with Gasteiger partial charge in [-0.3, -0.25) is 0 Å². The van der Waals surface area contributed by atoms with Gasteiger partial charge in [0.05, 0.1) is 5.69 Å². The summed E-state index contributed by atoms with van der Waals surface area (Å²) in [7, 11) is 0. The van der Waals surface area contributed by atoms with Gasteiger partial charge in [0.1, 0.15) is 9.39 Å². The summed E-state index contributed by atoms with van der Waals surface area (Å²) < 4.78 is 2.87. The lowest BCUT2D eigenvalue weighted by molar-refractivity contribution is 0.791. The predicted octanol–water partition coefficient (Wildman–Crippen LogP) is 3.54. The van der Waals surface area contributed by atoms with Crippen LogP contribution in [0.2, 0.25) is 0 Å². The molecule has 0 bridgehead atoms. The van der Waals surface area contributed by atoms with Crippen molar-refractivity contribution >= 4 is 22.6 Å². The van der Waals surface area contributed by atoms with Crippen LogP contribution in [0.1, 0.15) is 0 Å². The summed E-state index contributed by atoms with van der Waals surface area (Å²) in [6, 6.07) is 20.1. The van der Waals surface area contributed by atoms with Gasteiger partial charge in [-0.15, -0.1) is 5.10 Å². The van der Waals surface area contributed by atoms with E-state index in [2.05, 4.69) is 32.9 Å². The molecule has 3 aromatic rings. The smallest absolute Gasteiger partial charge is 0.133 e. The van der Waals surface area contributed by atoms with E-state index in [-0.39, 0.29) is 0 Å². The first kappa shape index (κ1) is 11.4. The maximum atomic E-state index is 4.27. The average molecular weight is 347 g/mol. The number of nitrogens with zero attached hydrogens (tertiary/aromatic N) is 3. The molecule has 0 N–H and O–H groups in total. The van der Waals surface area contributed by atoms with E-state index in [1.807, 2.05) is 65.3 Å². The highest BCUT2D eigenvalue weighted by atomic mass is 127. The van der Waals surface area contributed by atoms with Gasteiger partial charge >= 0.3 is 0 Å². The number of halogens is 1. The Morgan fingerprint density at radius 3 is 2.11 bits per heavy atom. The molecule has 0 fully saturated rings. The average Bonchev–Trinajstić information content (AvgIpc) is 2.83. The van der Waals surface area contributed by atoms with Crippen LogP contribution in [0.25, 0.3) is 16.9 Å². The van der Waals surface area contributed by atoms with Crippen LogP contribution in [0.5, 0.6) is 0 Å². The summed E-state index contributed by atoms with van der Waals surface area (Å²) in [4.78, 5) is 0. The largest absolute Gasteiger partial charge is 0.207 e. The van der Waals surface area contributed by atoms with Gasteiger partial charge < -0.3 is 0 Å². The van der Waals surface area contributed by atoms with Crippen LogP contribution in [0.3, 0.4) is 0 Å². The quantitative estimate of drug-likeness (QED) is 0.664. The van der Waals surface area contributed by atoms with Crippen molar-refractivity contribution in [2.24, 2.45) is 0 Å². The zero-order valence-electron chi connectivity index (χ0n) is 9.49. The molecule has 2 aromatic carbocycles. The Bertz CT molecular complexity index is 590. The van der Waals surface area contributed by atoms with Crippen molar-refractivity contribution < 1.29 is 0 Å².